The number of aryl methyl sites for hydroxylation is 1. The molecule has 0 amide bonds. The molecule has 0 unspecified atom stereocenters. The van der Waals surface area contributed by atoms with Crippen molar-refractivity contribution in [2.45, 2.75) is 19.3 Å². The molecule has 108 valence electrons. The van der Waals surface area contributed by atoms with E-state index in [1.165, 1.54) is 37.9 Å². The number of hydrogen-bond donors (Lipinski definition) is 1. The highest BCUT2D eigenvalue weighted by Crippen LogP contribution is 2.21. The van der Waals surface area contributed by atoms with E-state index in [0.717, 1.165) is 23.9 Å². The molecular weight excluding hydrogens is 248 g/mol. The van der Waals surface area contributed by atoms with Crippen molar-refractivity contribution < 1.29 is 0 Å². The molecule has 1 N–H and O–H groups in total. The highest BCUT2D eigenvalue weighted by Gasteiger charge is 2.16. The van der Waals surface area contributed by atoms with Crippen molar-refractivity contribution in [2.75, 3.05) is 32.0 Å². The predicted octanol–water partition coefficient (Wildman–Crippen LogP) is 2.72. The number of fused-ring (bicyclic) bond motifs is 1. The maximum absolute atomic E-state index is 4.65. The zero-order valence-corrected chi connectivity index (χ0v) is 12.5. The highest BCUT2D eigenvalue weighted by molar-refractivity contribution is 5.78. The van der Waals surface area contributed by atoms with Crippen LogP contribution in [0.2, 0.25) is 0 Å². The molecule has 1 aromatic heterocycles. The molecule has 0 saturated carbocycles. The summed E-state index contributed by atoms with van der Waals surface area (Å²) in [6.07, 6.45) is 3.92. The average molecular weight is 272 g/mol. The van der Waals surface area contributed by atoms with Gasteiger partial charge in [0.15, 0.2) is 0 Å². The Labute approximate surface area is 120 Å². The van der Waals surface area contributed by atoms with E-state index in [-0.39, 0.29) is 0 Å². The Kier molecular flexibility index (Phi) is 3.92. The van der Waals surface area contributed by atoms with Gasteiger partial charge in [-0.1, -0.05) is 12.1 Å². The first kappa shape index (κ1) is 13.4. The molecule has 1 fully saturated rings. The lowest BCUT2D eigenvalue weighted by atomic mass is 9.94. The molecule has 4 nitrogen and oxygen atoms in total. The zero-order valence-electron chi connectivity index (χ0n) is 12.5. The number of nitrogens with zero attached hydrogens (tertiary/aromatic N) is 3. The Bertz CT molecular complexity index is 567. The Hall–Kier alpha value is -1.55. The number of hydrogen-bond acceptors (Lipinski definition) is 3. The SMILES string of the molecule is CN1CCC(CCNc2nc3ccccc3n2C)CC1. The minimum Gasteiger partial charge on any atom is -0.356 e. The van der Waals surface area contributed by atoms with E-state index in [1.54, 1.807) is 0 Å². The Morgan fingerprint density at radius 2 is 1.95 bits per heavy atom. The molecular formula is C16H24N4. The van der Waals surface area contributed by atoms with Gasteiger partial charge in [-0.15, -0.1) is 0 Å². The summed E-state index contributed by atoms with van der Waals surface area (Å²) in [6, 6.07) is 8.28. The van der Waals surface area contributed by atoms with Gasteiger partial charge in [-0.2, -0.15) is 0 Å². The minimum atomic E-state index is 0.869. The maximum atomic E-state index is 4.65. The summed E-state index contributed by atoms with van der Waals surface area (Å²) >= 11 is 0. The smallest absolute Gasteiger partial charge is 0.203 e. The van der Waals surface area contributed by atoms with Gasteiger partial charge in [0, 0.05) is 13.6 Å². The summed E-state index contributed by atoms with van der Waals surface area (Å²) in [5, 5.41) is 3.50. The van der Waals surface area contributed by atoms with Gasteiger partial charge in [0.25, 0.3) is 0 Å². The van der Waals surface area contributed by atoms with Gasteiger partial charge in [-0.3, -0.25) is 0 Å². The van der Waals surface area contributed by atoms with E-state index < -0.39 is 0 Å². The average Bonchev–Trinajstić information content (AvgIpc) is 2.78. The lowest BCUT2D eigenvalue weighted by Crippen LogP contribution is -2.30. The van der Waals surface area contributed by atoms with Crippen LogP contribution in [0.15, 0.2) is 24.3 Å². The molecule has 2 heterocycles. The van der Waals surface area contributed by atoms with Crippen molar-refractivity contribution in [1.82, 2.24) is 14.5 Å². The van der Waals surface area contributed by atoms with Crippen LogP contribution in [0.3, 0.4) is 0 Å². The van der Waals surface area contributed by atoms with Crippen LogP contribution in [-0.2, 0) is 7.05 Å². The summed E-state index contributed by atoms with van der Waals surface area (Å²) in [5.74, 6) is 1.85. The van der Waals surface area contributed by atoms with Gasteiger partial charge in [-0.25, -0.2) is 4.98 Å². The minimum absolute atomic E-state index is 0.869. The van der Waals surface area contributed by atoms with Crippen LogP contribution in [0, 0.1) is 5.92 Å². The first-order valence-electron chi connectivity index (χ1n) is 7.58. The highest BCUT2D eigenvalue weighted by atomic mass is 15.2. The number of rotatable bonds is 4. The molecule has 0 radical (unpaired) electrons. The molecule has 1 aromatic carbocycles. The second kappa shape index (κ2) is 5.83. The fraction of sp³-hybridized carbons (Fsp3) is 0.562. The lowest BCUT2D eigenvalue weighted by Gasteiger charge is -2.28. The van der Waals surface area contributed by atoms with Crippen LogP contribution in [-0.4, -0.2) is 41.1 Å². The first-order valence-corrected chi connectivity index (χ1v) is 7.58. The van der Waals surface area contributed by atoms with Crippen LogP contribution in [0.4, 0.5) is 5.95 Å². The summed E-state index contributed by atoms with van der Waals surface area (Å²) < 4.78 is 2.14. The van der Waals surface area contributed by atoms with Gasteiger partial charge in [0.05, 0.1) is 11.0 Å². The predicted molar refractivity (Wildman–Crippen MR) is 84.0 cm³/mol. The third kappa shape index (κ3) is 2.80. The van der Waals surface area contributed by atoms with Gasteiger partial charge >= 0.3 is 0 Å². The molecule has 1 aliphatic rings. The van der Waals surface area contributed by atoms with E-state index in [9.17, 15) is 0 Å². The summed E-state index contributed by atoms with van der Waals surface area (Å²) in [4.78, 5) is 7.08. The third-order valence-corrected chi connectivity index (χ3v) is 4.46. The molecule has 0 aliphatic carbocycles. The Morgan fingerprint density at radius 1 is 1.20 bits per heavy atom. The number of para-hydroxylation sites is 2. The van der Waals surface area contributed by atoms with Crippen LogP contribution in [0.5, 0.6) is 0 Å². The van der Waals surface area contributed by atoms with Gasteiger partial charge < -0.3 is 14.8 Å². The largest absolute Gasteiger partial charge is 0.356 e. The summed E-state index contributed by atoms with van der Waals surface area (Å²) in [7, 11) is 4.29. The lowest BCUT2D eigenvalue weighted by molar-refractivity contribution is 0.215. The number of aromatic nitrogens is 2. The number of imidazole rings is 1. The van der Waals surface area contributed by atoms with Crippen molar-refractivity contribution in [3.8, 4) is 0 Å². The van der Waals surface area contributed by atoms with Crippen molar-refractivity contribution in [1.29, 1.82) is 0 Å². The third-order valence-electron chi connectivity index (χ3n) is 4.46. The van der Waals surface area contributed by atoms with Crippen molar-refractivity contribution in [3.05, 3.63) is 24.3 Å². The monoisotopic (exact) mass is 272 g/mol. The molecule has 2 aromatic rings. The molecule has 4 heteroatoms. The van der Waals surface area contributed by atoms with Crippen molar-refractivity contribution in [3.63, 3.8) is 0 Å². The second-order valence-electron chi connectivity index (χ2n) is 5.95. The Morgan fingerprint density at radius 3 is 2.70 bits per heavy atom. The molecule has 3 rings (SSSR count). The number of piperidine rings is 1. The first-order chi connectivity index (χ1) is 9.74. The topological polar surface area (TPSA) is 33.1 Å². The van der Waals surface area contributed by atoms with Crippen LogP contribution < -0.4 is 5.32 Å². The number of likely N-dealkylation sites (tertiary alicyclic amines) is 1. The maximum Gasteiger partial charge on any atom is 0.203 e. The molecule has 0 bridgehead atoms. The molecule has 0 atom stereocenters. The second-order valence-corrected chi connectivity index (χ2v) is 5.95. The number of anilines is 1. The van der Waals surface area contributed by atoms with E-state index in [4.69, 9.17) is 0 Å². The molecule has 1 saturated heterocycles. The zero-order chi connectivity index (χ0) is 13.9. The summed E-state index contributed by atoms with van der Waals surface area (Å²) in [6.45, 7) is 3.51. The number of benzene rings is 1. The van der Waals surface area contributed by atoms with E-state index in [0.29, 0.717) is 0 Å². The quantitative estimate of drug-likeness (QED) is 0.929. The van der Waals surface area contributed by atoms with Crippen LogP contribution >= 0.6 is 0 Å². The van der Waals surface area contributed by atoms with Crippen molar-refractivity contribution >= 4 is 17.0 Å². The van der Waals surface area contributed by atoms with Crippen molar-refractivity contribution in [2.24, 2.45) is 13.0 Å². The van der Waals surface area contributed by atoms with Gasteiger partial charge in [0.2, 0.25) is 5.95 Å². The van der Waals surface area contributed by atoms with Gasteiger partial charge in [-0.05, 0) is 57.5 Å². The van der Waals surface area contributed by atoms with Crippen LogP contribution in [0.25, 0.3) is 11.0 Å². The van der Waals surface area contributed by atoms with Gasteiger partial charge in [0.1, 0.15) is 0 Å². The van der Waals surface area contributed by atoms with E-state index in [2.05, 4.69) is 52.1 Å². The summed E-state index contributed by atoms with van der Waals surface area (Å²) in [5.41, 5.74) is 2.26. The van der Waals surface area contributed by atoms with E-state index >= 15 is 0 Å². The standard InChI is InChI=1S/C16H24N4/c1-19-11-8-13(9-12-19)7-10-17-16-18-14-5-3-4-6-15(14)20(16)2/h3-6,13H,7-12H2,1-2H3,(H,17,18). The molecule has 0 spiro atoms. The van der Waals surface area contributed by atoms with Crippen LogP contribution in [0.1, 0.15) is 19.3 Å². The molecule has 1 aliphatic heterocycles. The van der Waals surface area contributed by atoms with E-state index in [1.807, 2.05) is 6.07 Å². The fourth-order valence-electron chi connectivity index (χ4n) is 3.04. The molecule has 20 heavy (non-hydrogen) atoms. The Balaban J connectivity index is 1.56. The fourth-order valence-corrected chi connectivity index (χ4v) is 3.04. The number of nitrogens with one attached hydrogen (secondary N) is 1. The normalized spacial score (nSPS) is 17.7.